The Balaban J connectivity index is 2.39. The maximum Gasteiger partial charge on any atom is 0.220 e. The number of benzene rings is 1. The summed E-state index contributed by atoms with van der Waals surface area (Å²) in [5.41, 5.74) is 5.59. The number of amides is 1. The molecule has 1 aromatic rings. The second-order valence-electron chi connectivity index (χ2n) is 4.67. The van der Waals surface area contributed by atoms with Crippen LogP contribution in [0, 0.1) is 11.6 Å². The number of nitrogens with two attached hydrogens (primary N) is 1. The first-order chi connectivity index (χ1) is 9.40. The van der Waals surface area contributed by atoms with Crippen molar-refractivity contribution >= 4 is 11.7 Å². The molecule has 4 nitrogen and oxygen atoms in total. The van der Waals surface area contributed by atoms with E-state index in [4.69, 9.17) is 5.73 Å². The molecule has 1 unspecified atom stereocenters. The van der Waals surface area contributed by atoms with Crippen molar-refractivity contribution in [3.8, 4) is 0 Å². The molecule has 110 valence electrons. The van der Waals surface area contributed by atoms with Crippen molar-refractivity contribution in [1.29, 1.82) is 0 Å². The highest BCUT2D eigenvalue weighted by atomic mass is 19.2. The minimum absolute atomic E-state index is 0.000813. The van der Waals surface area contributed by atoms with E-state index >= 15 is 0 Å². The van der Waals surface area contributed by atoms with Gasteiger partial charge in [0.1, 0.15) is 0 Å². The van der Waals surface area contributed by atoms with Crippen LogP contribution in [0.3, 0.4) is 0 Å². The molecule has 0 saturated heterocycles. The Hall–Kier alpha value is -1.82. The lowest BCUT2D eigenvalue weighted by Crippen LogP contribution is -2.29. The van der Waals surface area contributed by atoms with E-state index in [0.29, 0.717) is 13.0 Å². The van der Waals surface area contributed by atoms with Crippen molar-refractivity contribution < 1.29 is 18.4 Å². The number of halogens is 2. The second kappa shape index (κ2) is 7.69. The van der Waals surface area contributed by atoms with Gasteiger partial charge in [0, 0.05) is 31.0 Å². The predicted octanol–water partition coefficient (Wildman–Crippen LogP) is 1.78. The molecular formula is C14H18F2N2O2. The Bertz CT molecular complexity index is 490. The monoisotopic (exact) mass is 284 g/mol. The zero-order valence-corrected chi connectivity index (χ0v) is 11.3. The fourth-order valence-electron chi connectivity index (χ4n) is 1.57. The van der Waals surface area contributed by atoms with E-state index in [1.165, 1.54) is 6.07 Å². The lowest BCUT2D eigenvalue weighted by atomic mass is 10.1. The van der Waals surface area contributed by atoms with Crippen LogP contribution in [0.15, 0.2) is 18.2 Å². The molecule has 1 aromatic carbocycles. The maximum absolute atomic E-state index is 13.0. The molecular weight excluding hydrogens is 266 g/mol. The van der Waals surface area contributed by atoms with Crippen LogP contribution in [0.4, 0.5) is 8.78 Å². The molecule has 0 radical (unpaired) electrons. The van der Waals surface area contributed by atoms with Gasteiger partial charge in [-0.1, -0.05) is 0 Å². The summed E-state index contributed by atoms with van der Waals surface area (Å²) in [5.74, 6) is -2.74. The van der Waals surface area contributed by atoms with Gasteiger partial charge in [-0.15, -0.1) is 0 Å². The molecule has 0 heterocycles. The lowest BCUT2D eigenvalue weighted by Gasteiger charge is -2.07. The minimum Gasteiger partial charge on any atom is -0.356 e. The molecule has 0 spiro atoms. The van der Waals surface area contributed by atoms with E-state index in [-0.39, 0.29) is 30.4 Å². The van der Waals surface area contributed by atoms with Crippen LogP contribution in [-0.4, -0.2) is 24.3 Å². The molecule has 3 N–H and O–H groups in total. The fraction of sp³-hybridized carbons (Fsp3) is 0.429. The van der Waals surface area contributed by atoms with Crippen LogP contribution in [0.2, 0.25) is 0 Å². The third-order valence-corrected chi connectivity index (χ3v) is 2.74. The smallest absolute Gasteiger partial charge is 0.220 e. The highest BCUT2D eigenvalue weighted by molar-refractivity contribution is 5.97. The Kier molecular flexibility index (Phi) is 6.24. The molecule has 1 amide bonds. The lowest BCUT2D eigenvalue weighted by molar-refractivity contribution is -0.121. The Morgan fingerprint density at radius 1 is 1.25 bits per heavy atom. The van der Waals surface area contributed by atoms with Crippen LogP contribution in [0.25, 0.3) is 0 Å². The average Bonchev–Trinajstić information content (AvgIpc) is 2.38. The van der Waals surface area contributed by atoms with E-state index < -0.39 is 17.4 Å². The predicted molar refractivity (Wildman–Crippen MR) is 71.2 cm³/mol. The van der Waals surface area contributed by atoms with Crippen LogP contribution in [0.1, 0.15) is 36.5 Å². The Morgan fingerprint density at radius 3 is 2.55 bits per heavy atom. The first kappa shape index (κ1) is 16.2. The van der Waals surface area contributed by atoms with E-state index in [1.54, 1.807) is 0 Å². The van der Waals surface area contributed by atoms with E-state index in [2.05, 4.69) is 5.32 Å². The normalized spacial score (nSPS) is 12.0. The van der Waals surface area contributed by atoms with Crippen molar-refractivity contribution in [2.45, 2.75) is 32.2 Å². The van der Waals surface area contributed by atoms with Crippen LogP contribution < -0.4 is 11.1 Å². The van der Waals surface area contributed by atoms with Crippen LogP contribution >= 0.6 is 0 Å². The molecule has 1 rings (SSSR count). The second-order valence-corrected chi connectivity index (χ2v) is 4.67. The van der Waals surface area contributed by atoms with Gasteiger partial charge < -0.3 is 11.1 Å². The molecule has 0 aliphatic heterocycles. The van der Waals surface area contributed by atoms with Gasteiger partial charge in [-0.3, -0.25) is 9.59 Å². The van der Waals surface area contributed by atoms with Crippen LogP contribution in [-0.2, 0) is 4.79 Å². The average molecular weight is 284 g/mol. The molecule has 1 atom stereocenters. The largest absolute Gasteiger partial charge is 0.356 e. The molecule has 0 aromatic heterocycles. The van der Waals surface area contributed by atoms with Crippen molar-refractivity contribution in [2.24, 2.45) is 5.73 Å². The number of carbonyl (C=O) groups is 2. The van der Waals surface area contributed by atoms with Crippen molar-refractivity contribution in [3.63, 3.8) is 0 Å². The SMILES string of the molecule is CC(N)CCNC(=O)CCC(=O)c1ccc(F)c(F)c1. The van der Waals surface area contributed by atoms with Gasteiger partial charge in [0.15, 0.2) is 17.4 Å². The third kappa shape index (κ3) is 5.44. The summed E-state index contributed by atoms with van der Waals surface area (Å²) in [6.45, 7) is 2.29. The summed E-state index contributed by atoms with van der Waals surface area (Å²) in [6.07, 6.45) is 0.620. The van der Waals surface area contributed by atoms with Crippen molar-refractivity contribution in [2.75, 3.05) is 6.54 Å². The number of hydrogen-bond acceptors (Lipinski definition) is 3. The van der Waals surface area contributed by atoms with Gasteiger partial charge >= 0.3 is 0 Å². The van der Waals surface area contributed by atoms with Crippen molar-refractivity contribution in [1.82, 2.24) is 5.32 Å². The zero-order chi connectivity index (χ0) is 15.1. The number of nitrogens with one attached hydrogen (secondary N) is 1. The zero-order valence-electron chi connectivity index (χ0n) is 11.3. The minimum atomic E-state index is -1.07. The van der Waals surface area contributed by atoms with Gasteiger partial charge in [-0.25, -0.2) is 8.78 Å². The fourth-order valence-corrected chi connectivity index (χ4v) is 1.57. The topological polar surface area (TPSA) is 72.2 Å². The van der Waals surface area contributed by atoms with Gasteiger partial charge in [-0.05, 0) is 31.5 Å². The first-order valence-electron chi connectivity index (χ1n) is 6.40. The van der Waals surface area contributed by atoms with Crippen LogP contribution in [0.5, 0.6) is 0 Å². The van der Waals surface area contributed by atoms with Crippen molar-refractivity contribution in [3.05, 3.63) is 35.4 Å². The number of rotatable bonds is 7. The number of ketones is 1. The Morgan fingerprint density at radius 2 is 1.95 bits per heavy atom. The summed E-state index contributed by atoms with van der Waals surface area (Å²) >= 11 is 0. The van der Waals surface area contributed by atoms with Gasteiger partial charge in [0.2, 0.25) is 5.91 Å². The molecule has 0 aliphatic carbocycles. The number of Topliss-reactive ketones (excluding diaryl/α,β-unsaturated/α-hetero) is 1. The quantitative estimate of drug-likeness (QED) is 0.750. The van der Waals surface area contributed by atoms with Gasteiger partial charge in [0.25, 0.3) is 0 Å². The Labute approximate surface area is 116 Å². The summed E-state index contributed by atoms with van der Waals surface area (Å²) in [4.78, 5) is 23.1. The first-order valence-corrected chi connectivity index (χ1v) is 6.40. The van der Waals surface area contributed by atoms with E-state index in [1.807, 2.05) is 6.92 Å². The summed E-state index contributed by atoms with van der Waals surface area (Å²) in [5, 5.41) is 2.64. The van der Waals surface area contributed by atoms with E-state index in [0.717, 1.165) is 12.1 Å². The summed E-state index contributed by atoms with van der Waals surface area (Å²) in [6, 6.07) is 2.94. The van der Waals surface area contributed by atoms with Gasteiger partial charge in [-0.2, -0.15) is 0 Å². The molecule has 6 heteroatoms. The molecule has 0 fully saturated rings. The molecule has 0 aliphatic rings. The highest BCUT2D eigenvalue weighted by Gasteiger charge is 2.11. The number of carbonyl (C=O) groups excluding carboxylic acids is 2. The number of hydrogen-bond donors (Lipinski definition) is 2. The molecule has 20 heavy (non-hydrogen) atoms. The summed E-state index contributed by atoms with van der Waals surface area (Å²) in [7, 11) is 0. The molecule has 0 bridgehead atoms. The maximum atomic E-state index is 13.0. The highest BCUT2D eigenvalue weighted by Crippen LogP contribution is 2.11. The standard InChI is InChI=1S/C14H18F2N2O2/c1-9(17)6-7-18-14(20)5-4-13(19)10-2-3-11(15)12(16)8-10/h2-3,8-9H,4-7,17H2,1H3,(H,18,20). The molecule has 0 saturated carbocycles. The van der Waals surface area contributed by atoms with E-state index in [9.17, 15) is 18.4 Å². The van der Waals surface area contributed by atoms with Gasteiger partial charge in [0.05, 0.1) is 0 Å². The third-order valence-electron chi connectivity index (χ3n) is 2.74. The summed E-state index contributed by atoms with van der Waals surface area (Å²) < 4.78 is 25.7.